The molecule has 0 saturated carbocycles. The SMILES string of the molecule is Cc1ccc([C@@H](C)O)c(OCc2nnc3n2CCCC3)c1. The minimum Gasteiger partial charge on any atom is -0.485 e. The molecule has 5 nitrogen and oxygen atoms in total. The van der Waals surface area contributed by atoms with E-state index in [1.807, 2.05) is 25.1 Å². The first-order valence-corrected chi connectivity index (χ1v) is 7.47. The average Bonchev–Trinajstić information content (AvgIpc) is 2.88. The zero-order valence-electron chi connectivity index (χ0n) is 12.5. The van der Waals surface area contributed by atoms with Gasteiger partial charge in [0.15, 0.2) is 5.82 Å². The van der Waals surface area contributed by atoms with Crippen molar-refractivity contribution in [2.45, 2.75) is 52.4 Å². The Morgan fingerprint density at radius 3 is 3.00 bits per heavy atom. The second kappa shape index (κ2) is 5.85. The Hall–Kier alpha value is -1.88. The highest BCUT2D eigenvalue weighted by Crippen LogP contribution is 2.27. The number of aliphatic hydroxyl groups is 1. The van der Waals surface area contributed by atoms with Crippen molar-refractivity contribution in [1.82, 2.24) is 14.8 Å². The Morgan fingerprint density at radius 1 is 1.33 bits per heavy atom. The van der Waals surface area contributed by atoms with E-state index in [0.29, 0.717) is 6.61 Å². The molecular formula is C16H21N3O2. The van der Waals surface area contributed by atoms with Crippen LogP contribution >= 0.6 is 0 Å². The molecule has 1 aromatic heterocycles. The molecule has 0 fully saturated rings. The number of aliphatic hydroxyl groups excluding tert-OH is 1. The van der Waals surface area contributed by atoms with Crippen molar-refractivity contribution in [1.29, 1.82) is 0 Å². The second-order valence-corrected chi connectivity index (χ2v) is 5.65. The molecule has 1 N–H and O–H groups in total. The van der Waals surface area contributed by atoms with Gasteiger partial charge in [-0.25, -0.2) is 0 Å². The molecule has 112 valence electrons. The Bertz CT molecular complexity index is 634. The van der Waals surface area contributed by atoms with Crippen molar-refractivity contribution < 1.29 is 9.84 Å². The van der Waals surface area contributed by atoms with Gasteiger partial charge in [-0.3, -0.25) is 0 Å². The summed E-state index contributed by atoms with van der Waals surface area (Å²) in [7, 11) is 0. The predicted octanol–water partition coefficient (Wildman–Crippen LogP) is 2.56. The van der Waals surface area contributed by atoms with Crippen LogP contribution in [0.1, 0.15) is 48.6 Å². The van der Waals surface area contributed by atoms with E-state index in [1.54, 1.807) is 6.92 Å². The summed E-state index contributed by atoms with van der Waals surface area (Å²) in [4.78, 5) is 0. The van der Waals surface area contributed by atoms with Crippen LogP contribution in [-0.4, -0.2) is 19.9 Å². The highest BCUT2D eigenvalue weighted by molar-refractivity contribution is 5.38. The fourth-order valence-corrected chi connectivity index (χ4v) is 2.73. The normalized spacial score (nSPS) is 15.6. The van der Waals surface area contributed by atoms with Crippen molar-refractivity contribution in [3.05, 3.63) is 41.0 Å². The van der Waals surface area contributed by atoms with Gasteiger partial charge >= 0.3 is 0 Å². The number of fused-ring (bicyclic) bond motifs is 1. The van der Waals surface area contributed by atoms with Gasteiger partial charge in [0, 0.05) is 18.5 Å². The third-order valence-corrected chi connectivity index (χ3v) is 3.91. The number of nitrogens with zero attached hydrogens (tertiary/aromatic N) is 3. The van der Waals surface area contributed by atoms with E-state index in [4.69, 9.17) is 4.74 Å². The van der Waals surface area contributed by atoms with Gasteiger partial charge < -0.3 is 14.4 Å². The van der Waals surface area contributed by atoms with E-state index in [0.717, 1.165) is 41.5 Å². The predicted molar refractivity (Wildman–Crippen MR) is 79.1 cm³/mol. The summed E-state index contributed by atoms with van der Waals surface area (Å²) in [6, 6.07) is 5.85. The van der Waals surface area contributed by atoms with Crippen molar-refractivity contribution in [3.63, 3.8) is 0 Å². The minimum absolute atomic E-state index is 0.385. The van der Waals surface area contributed by atoms with Crippen molar-refractivity contribution in [3.8, 4) is 5.75 Å². The summed E-state index contributed by atoms with van der Waals surface area (Å²) in [6.07, 6.45) is 2.80. The summed E-state index contributed by atoms with van der Waals surface area (Å²) < 4.78 is 8.06. The van der Waals surface area contributed by atoms with Crippen LogP contribution in [0.3, 0.4) is 0 Å². The van der Waals surface area contributed by atoms with E-state index in [1.165, 1.54) is 12.8 Å². The minimum atomic E-state index is -0.548. The van der Waals surface area contributed by atoms with Crippen molar-refractivity contribution >= 4 is 0 Å². The lowest BCUT2D eigenvalue weighted by Crippen LogP contribution is -2.14. The van der Waals surface area contributed by atoms with E-state index in [-0.39, 0.29) is 0 Å². The molecule has 21 heavy (non-hydrogen) atoms. The first-order valence-electron chi connectivity index (χ1n) is 7.47. The van der Waals surface area contributed by atoms with Crippen LogP contribution in [0.4, 0.5) is 0 Å². The highest BCUT2D eigenvalue weighted by atomic mass is 16.5. The summed E-state index contributed by atoms with van der Waals surface area (Å²) in [6.45, 7) is 5.11. The zero-order chi connectivity index (χ0) is 14.8. The van der Waals surface area contributed by atoms with Gasteiger partial charge in [0.1, 0.15) is 18.2 Å². The van der Waals surface area contributed by atoms with Crippen LogP contribution in [0.15, 0.2) is 18.2 Å². The third kappa shape index (κ3) is 2.93. The summed E-state index contributed by atoms with van der Waals surface area (Å²) >= 11 is 0. The Balaban J connectivity index is 1.79. The summed E-state index contributed by atoms with van der Waals surface area (Å²) in [5.74, 6) is 2.64. The number of hydrogen-bond donors (Lipinski definition) is 1. The van der Waals surface area contributed by atoms with Gasteiger partial charge in [-0.2, -0.15) is 0 Å². The van der Waals surface area contributed by atoms with E-state index < -0.39 is 6.10 Å². The molecule has 1 atom stereocenters. The van der Waals surface area contributed by atoms with Crippen LogP contribution in [0.5, 0.6) is 5.75 Å². The van der Waals surface area contributed by atoms with E-state index in [2.05, 4.69) is 14.8 Å². The van der Waals surface area contributed by atoms with Gasteiger partial charge in [0.05, 0.1) is 6.10 Å². The number of aromatic nitrogens is 3. The summed E-state index contributed by atoms with van der Waals surface area (Å²) in [5, 5.41) is 18.3. The maximum Gasteiger partial charge on any atom is 0.171 e. The topological polar surface area (TPSA) is 60.2 Å². The van der Waals surface area contributed by atoms with E-state index in [9.17, 15) is 5.11 Å². The number of benzene rings is 1. The Kier molecular flexibility index (Phi) is 3.92. The van der Waals surface area contributed by atoms with Crippen LogP contribution in [0.2, 0.25) is 0 Å². The largest absolute Gasteiger partial charge is 0.485 e. The first kappa shape index (κ1) is 14.1. The zero-order valence-corrected chi connectivity index (χ0v) is 12.5. The lowest BCUT2D eigenvalue weighted by molar-refractivity contribution is 0.189. The Labute approximate surface area is 124 Å². The average molecular weight is 287 g/mol. The maximum absolute atomic E-state index is 9.83. The number of hydrogen-bond acceptors (Lipinski definition) is 4. The molecule has 2 heterocycles. The molecule has 0 unspecified atom stereocenters. The monoisotopic (exact) mass is 287 g/mol. The lowest BCUT2D eigenvalue weighted by atomic mass is 10.1. The van der Waals surface area contributed by atoms with Crippen LogP contribution in [0.25, 0.3) is 0 Å². The van der Waals surface area contributed by atoms with Gasteiger partial charge in [-0.15, -0.1) is 10.2 Å². The maximum atomic E-state index is 9.83. The molecule has 0 spiro atoms. The molecule has 0 bridgehead atoms. The number of rotatable bonds is 4. The molecule has 2 aromatic rings. The molecule has 1 aliphatic heterocycles. The molecule has 1 aromatic carbocycles. The number of ether oxygens (including phenoxy) is 1. The Morgan fingerprint density at radius 2 is 2.19 bits per heavy atom. The van der Waals surface area contributed by atoms with Crippen LogP contribution < -0.4 is 4.74 Å². The summed E-state index contributed by atoms with van der Waals surface area (Å²) in [5.41, 5.74) is 1.91. The van der Waals surface area contributed by atoms with E-state index >= 15 is 0 Å². The second-order valence-electron chi connectivity index (χ2n) is 5.65. The molecule has 0 aliphatic carbocycles. The highest BCUT2D eigenvalue weighted by Gasteiger charge is 2.17. The molecule has 0 saturated heterocycles. The molecule has 3 rings (SSSR count). The smallest absolute Gasteiger partial charge is 0.171 e. The van der Waals surface area contributed by atoms with Gasteiger partial charge in [0.25, 0.3) is 0 Å². The van der Waals surface area contributed by atoms with Gasteiger partial charge in [-0.05, 0) is 38.3 Å². The quantitative estimate of drug-likeness (QED) is 0.939. The lowest BCUT2D eigenvalue weighted by Gasteiger charge is -2.16. The van der Waals surface area contributed by atoms with Crippen LogP contribution in [-0.2, 0) is 19.6 Å². The molecule has 0 amide bonds. The molecule has 1 aliphatic rings. The third-order valence-electron chi connectivity index (χ3n) is 3.91. The number of aryl methyl sites for hydroxylation is 2. The van der Waals surface area contributed by atoms with Crippen LogP contribution in [0, 0.1) is 6.92 Å². The molecule has 0 radical (unpaired) electrons. The molecular weight excluding hydrogens is 266 g/mol. The van der Waals surface area contributed by atoms with Crippen molar-refractivity contribution in [2.24, 2.45) is 0 Å². The van der Waals surface area contributed by atoms with Gasteiger partial charge in [-0.1, -0.05) is 12.1 Å². The fraction of sp³-hybridized carbons (Fsp3) is 0.500. The first-order chi connectivity index (χ1) is 10.1. The van der Waals surface area contributed by atoms with Gasteiger partial charge in [0.2, 0.25) is 0 Å². The fourth-order valence-electron chi connectivity index (χ4n) is 2.73. The van der Waals surface area contributed by atoms with Crippen molar-refractivity contribution in [2.75, 3.05) is 0 Å². The molecule has 5 heteroatoms. The standard InChI is InChI=1S/C16H21N3O2/c1-11-6-7-13(12(2)20)14(9-11)21-10-16-18-17-15-5-3-4-8-19(15)16/h6-7,9,12,20H,3-5,8,10H2,1-2H3/t12-/m1/s1.